The maximum atomic E-state index is 9.05. The van der Waals surface area contributed by atoms with E-state index < -0.39 is 0 Å². The van der Waals surface area contributed by atoms with Crippen molar-refractivity contribution in [2.24, 2.45) is 5.41 Å². The quantitative estimate of drug-likeness (QED) is 0.594. The van der Waals surface area contributed by atoms with Crippen molar-refractivity contribution in [2.75, 3.05) is 13.1 Å². The molecule has 94 valence electrons. The average molecular weight is 226 g/mol. The molecule has 0 rings (SSSR count). The molecule has 3 heteroatoms. The van der Waals surface area contributed by atoms with Gasteiger partial charge in [-0.2, -0.15) is 5.26 Å². The first kappa shape index (κ1) is 15.4. The first-order valence-corrected chi connectivity index (χ1v) is 6.28. The fourth-order valence-electron chi connectivity index (χ4n) is 1.52. The predicted octanol–water partition coefficient (Wildman–Crippen LogP) is 2.46. The average Bonchev–Trinajstić information content (AvgIpc) is 2.21. The molecule has 0 aliphatic rings. The molecule has 1 atom stereocenters. The Bertz CT molecular complexity index is 206. The Morgan fingerprint density at radius 3 is 2.44 bits per heavy atom. The Hall–Kier alpha value is -0.590. The summed E-state index contributed by atoms with van der Waals surface area (Å²) in [6.45, 7) is 7.80. The number of hydrogen-bond acceptors (Lipinski definition) is 3. The van der Waals surface area contributed by atoms with Gasteiger partial charge in [-0.25, -0.2) is 0 Å². The number of unbranched alkanes of at least 4 members (excludes halogenated alkanes) is 1. The van der Waals surface area contributed by atoms with Crippen LogP contribution in [0.3, 0.4) is 0 Å². The lowest BCUT2D eigenvalue weighted by atomic mass is 9.89. The molecule has 0 spiro atoms. The fraction of sp³-hybridized carbons (Fsp3) is 0.923. The number of nitrogens with one attached hydrogen (secondary N) is 1. The van der Waals surface area contributed by atoms with Crippen LogP contribution in [0.4, 0.5) is 0 Å². The first-order valence-electron chi connectivity index (χ1n) is 6.28. The van der Waals surface area contributed by atoms with Crippen LogP contribution in [0.15, 0.2) is 0 Å². The maximum absolute atomic E-state index is 9.05. The molecule has 0 aromatic carbocycles. The molecule has 0 radical (unpaired) electrons. The third-order valence-corrected chi connectivity index (χ3v) is 2.68. The van der Waals surface area contributed by atoms with Crippen molar-refractivity contribution in [1.82, 2.24) is 5.32 Å². The van der Waals surface area contributed by atoms with Crippen LogP contribution >= 0.6 is 0 Å². The second-order valence-corrected chi connectivity index (χ2v) is 5.19. The molecule has 0 fully saturated rings. The molecule has 0 aromatic rings. The van der Waals surface area contributed by atoms with Crippen molar-refractivity contribution < 1.29 is 5.11 Å². The van der Waals surface area contributed by atoms with Crippen molar-refractivity contribution in [3.8, 4) is 6.07 Å². The molecule has 0 saturated heterocycles. The molecule has 1 unspecified atom stereocenters. The fourth-order valence-corrected chi connectivity index (χ4v) is 1.52. The molecule has 0 amide bonds. The van der Waals surface area contributed by atoms with E-state index in [1.165, 1.54) is 0 Å². The zero-order chi connectivity index (χ0) is 12.4. The monoisotopic (exact) mass is 226 g/mol. The van der Waals surface area contributed by atoms with Crippen LogP contribution in [-0.2, 0) is 0 Å². The number of aliphatic hydroxyl groups is 1. The zero-order valence-corrected chi connectivity index (χ0v) is 10.9. The Morgan fingerprint density at radius 1 is 1.25 bits per heavy atom. The first-order chi connectivity index (χ1) is 7.48. The van der Waals surface area contributed by atoms with Gasteiger partial charge in [0.2, 0.25) is 0 Å². The van der Waals surface area contributed by atoms with Crippen LogP contribution in [0.1, 0.15) is 52.9 Å². The van der Waals surface area contributed by atoms with Crippen LogP contribution in [0.2, 0.25) is 0 Å². The Morgan fingerprint density at radius 2 is 1.88 bits per heavy atom. The minimum absolute atomic E-state index is 0.174. The highest BCUT2D eigenvalue weighted by Crippen LogP contribution is 2.21. The van der Waals surface area contributed by atoms with Gasteiger partial charge in [0.25, 0.3) is 0 Å². The van der Waals surface area contributed by atoms with Gasteiger partial charge in [0.1, 0.15) is 0 Å². The Balaban J connectivity index is 3.20. The van der Waals surface area contributed by atoms with E-state index in [0.717, 1.165) is 45.2 Å². The van der Waals surface area contributed by atoms with E-state index in [2.05, 4.69) is 11.4 Å². The van der Waals surface area contributed by atoms with Gasteiger partial charge in [-0.3, -0.25) is 0 Å². The van der Waals surface area contributed by atoms with Crippen LogP contribution < -0.4 is 5.32 Å². The molecule has 16 heavy (non-hydrogen) atoms. The number of nitriles is 1. The topological polar surface area (TPSA) is 56.0 Å². The lowest BCUT2D eigenvalue weighted by Gasteiger charge is -2.14. The molecular formula is C13H26N2O. The molecule has 0 aliphatic carbocycles. The highest BCUT2D eigenvalue weighted by atomic mass is 16.3. The van der Waals surface area contributed by atoms with Crippen molar-refractivity contribution in [1.29, 1.82) is 5.26 Å². The lowest BCUT2D eigenvalue weighted by molar-refractivity contribution is 0.181. The van der Waals surface area contributed by atoms with Gasteiger partial charge >= 0.3 is 0 Å². The standard InChI is InChI=1S/C13H26N2O/c1-12(16)7-6-10-15-9-5-4-8-13(2,3)11-14/h12,15-16H,4-10H2,1-3H3. The van der Waals surface area contributed by atoms with E-state index in [9.17, 15) is 0 Å². The normalized spacial score (nSPS) is 13.4. The summed E-state index contributed by atoms with van der Waals surface area (Å²) in [6.07, 6.45) is 4.91. The van der Waals surface area contributed by atoms with Crippen molar-refractivity contribution in [3.05, 3.63) is 0 Å². The molecule has 0 bridgehead atoms. The van der Waals surface area contributed by atoms with Gasteiger partial charge < -0.3 is 10.4 Å². The SMILES string of the molecule is CC(O)CCCNCCCCC(C)(C)C#N. The van der Waals surface area contributed by atoms with Gasteiger partial charge in [0.05, 0.1) is 17.6 Å². The second-order valence-electron chi connectivity index (χ2n) is 5.19. The van der Waals surface area contributed by atoms with E-state index in [1.807, 2.05) is 20.8 Å². The van der Waals surface area contributed by atoms with Crippen LogP contribution in [0.5, 0.6) is 0 Å². The minimum Gasteiger partial charge on any atom is -0.393 e. The van der Waals surface area contributed by atoms with Gasteiger partial charge in [0, 0.05) is 0 Å². The molecule has 0 aliphatic heterocycles. The van der Waals surface area contributed by atoms with E-state index in [-0.39, 0.29) is 11.5 Å². The van der Waals surface area contributed by atoms with Gasteiger partial charge in [-0.1, -0.05) is 6.42 Å². The summed E-state index contributed by atoms with van der Waals surface area (Å²) >= 11 is 0. The Labute approximate surface area is 99.9 Å². The number of nitrogens with zero attached hydrogens (tertiary/aromatic N) is 1. The summed E-state index contributed by atoms with van der Waals surface area (Å²) < 4.78 is 0. The van der Waals surface area contributed by atoms with Crippen LogP contribution in [-0.4, -0.2) is 24.3 Å². The highest BCUT2D eigenvalue weighted by Gasteiger charge is 2.14. The molecule has 3 nitrogen and oxygen atoms in total. The smallest absolute Gasteiger partial charge is 0.0683 e. The number of hydrogen-bond donors (Lipinski definition) is 2. The molecular weight excluding hydrogens is 200 g/mol. The van der Waals surface area contributed by atoms with Crippen LogP contribution in [0.25, 0.3) is 0 Å². The lowest BCUT2D eigenvalue weighted by Crippen LogP contribution is -2.18. The third kappa shape index (κ3) is 9.95. The summed E-state index contributed by atoms with van der Waals surface area (Å²) in [6, 6.07) is 2.32. The molecule has 0 saturated carbocycles. The summed E-state index contributed by atoms with van der Waals surface area (Å²) in [5, 5.41) is 21.2. The summed E-state index contributed by atoms with van der Waals surface area (Å²) in [4.78, 5) is 0. The van der Waals surface area contributed by atoms with Gasteiger partial charge in [0.15, 0.2) is 0 Å². The molecule has 0 aromatic heterocycles. The summed E-state index contributed by atoms with van der Waals surface area (Å²) in [7, 11) is 0. The summed E-state index contributed by atoms with van der Waals surface area (Å²) in [5.74, 6) is 0. The van der Waals surface area contributed by atoms with Gasteiger partial charge in [-0.15, -0.1) is 0 Å². The molecule has 0 heterocycles. The van der Waals surface area contributed by atoms with E-state index >= 15 is 0 Å². The number of aliphatic hydroxyl groups excluding tert-OH is 1. The summed E-state index contributed by atoms with van der Waals surface area (Å²) in [5.41, 5.74) is -0.174. The molecule has 2 N–H and O–H groups in total. The minimum atomic E-state index is -0.182. The van der Waals surface area contributed by atoms with Crippen LogP contribution in [0, 0.1) is 16.7 Å². The van der Waals surface area contributed by atoms with E-state index in [0.29, 0.717) is 0 Å². The Kier molecular flexibility index (Phi) is 8.23. The van der Waals surface area contributed by atoms with Crippen molar-refractivity contribution in [3.63, 3.8) is 0 Å². The van der Waals surface area contributed by atoms with E-state index in [4.69, 9.17) is 10.4 Å². The maximum Gasteiger partial charge on any atom is 0.0683 e. The second kappa shape index (κ2) is 8.55. The van der Waals surface area contributed by atoms with E-state index in [1.54, 1.807) is 0 Å². The highest BCUT2D eigenvalue weighted by molar-refractivity contribution is 4.91. The third-order valence-electron chi connectivity index (χ3n) is 2.68. The largest absolute Gasteiger partial charge is 0.393 e. The predicted molar refractivity (Wildman–Crippen MR) is 67.0 cm³/mol. The van der Waals surface area contributed by atoms with Crippen molar-refractivity contribution in [2.45, 2.75) is 59.0 Å². The van der Waals surface area contributed by atoms with Gasteiger partial charge in [-0.05, 0) is 59.5 Å². The van der Waals surface area contributed by atoms with Crippen molar-refractivity contribution >= 4 is 0 Å². The zero-order valence-electron chi connectivity index (χ0n) is 10.9. The number of rotatable bonds is 9.